The van der Waals surface area contributed by atoms with E-state index < -0.39 is 0 Å². The van der Waals surface area contributed by atoms with Gasteiger partial charge in [-0.2, -0.15) is 0 Å². The first-order valence-corrected chi connectivity index (χ1v) is 12.7. The molecule has 31 heavy (non-hydrogen) atoms. The molecule has 0 saturated carbocycles. The zero-order chi connectivity index (χ0) is 21.9. The van der Waals surface area contributed by atoms with Gasteiger partial charge in [0.25, 0.3) is 0 Å². The minimum Gasteiger partial charge on any atom is -0.453 e. The summed E-state index contributed by atoms with van der Waals surface area (Å²) in [5.41, 5.74) is 3.88. The molecule has 1 unspecified atom stereocenters. The topological polar surface area (TPSA) is 26.3 Å². The molecule has 0 aliphatic heterocycles. The SMILES string of the molecule is CCCCCCCCCCCCc1ccc2cccc3c2c1C=CC3OC(=O)CCC. The highest BCUT2D eigenvalue weighted by molar-refractivity contribution is 5.97. The molecule has 2 aromatic carbocycles. The van der Waals surface area contributed by atoms with Crippen molar-refractivity contribution in [3.63, 3.8) is 0 Å². The Morgan fingerprint density at radius 2 is 1.55 bits per heavy atom. The van der Waals surface area contributed by atoms with Crippen molar-refractivity contribution in [1.29, 1.82) is 0 Å². The Balaban J connectivity index is 1.55. The second-order valence-corrected chi connectivity index (χ2v) is 9.04. The molecule has 168 valence electrons. The average Bonchev–Trinajstić information content (AvgIpc) is 2.78. The van der Waals surface area contributed by atoms with Crippen LogP contribution < -0.4 is 0 Å². The van der Waals surface area contributed by atoms with Crippen molar-refractivity contribution in [3.8, 4) is 0 Å². The van der Waals surface area contributed by atoms with Crippen molar-refractivity contribution in [2.75, 3.05) is 0 Å². The number of esters is 1. The van der Waals surface area contributed by atoms with Gasteiger partial charge in [0.05, 0.1) is 0 Å². The Bertz CT molecular complexity index is 864. The van der Waals surface area contributed by atoms with Crippen LogP contribution in [0.3, 0.4) is 0 Å². The lowest BCUT2D eigenvalue weighted by Crippen LogP contribution is -2.12. The van der Waals surface area contributed by atoms with Crippen molar-refractivity contribution in [2.24, 2.45) is 0 Å². The number of hydrogen-bond acceptors (Lipinski definition) is 2. The highest BCUT2D eigenvalue weighted by Crippen LogP contribution is 2.37. The summed E-state index contributed by atoms with van der Waals surface area (Å²) >= 11 is 0. The molecule has 1 atom stereocenters. The largest absolute Gasteiger partial charge is 0.453 e. The summed E-state index contributed by atoms with van der Waals surface area (Å²) in [5.74, 6) is -0.112. The molecule has 2 heteroatoms. The van der Waals surface area contributed by atoms with E-state index in [1.807, 2.05) is 6.92 Å². The van der Waals surface area contributed by atoms with Crippen molar-refractivity contribution >= 4 is 22.8 Å². The summed E-state index contributed by atoms with van der Waals surface area (Å²) in [6.07, 6.45) is 20.1. The highest BCUT2D eigenvalue weighted by Gasteiger charge is 2.22. The predicted octanol–water partition coefficient (Wildman–Crippen LogP) is 8.71. The number of unbranched alkanes of at least 4 members (excludes halogenated alkanes) is 9. The molecular weight excluding hydrogens is 380 g/mol. The fourth-order valence-corrected chi connectivity index (χ4v) is 4.72. The smallest absolute Gasteiger partial charge is 0.306 e. The first kappa shape index (κ1) is 23.6. The van der Waals surface area contributed by atoms with E-state index in [0.717, 1.165) is 18.4 Å². The van der Waals surface area contributed by atoms with E-state index in [1.54, 1.807) is 0 Å². The monoisotopic (exact) mass is 420 g/mol. The Morgan fingerprint density at radius 1 is 0.839 bits per heavy atom. The molecular formula is C29H40O2. The zero-order valence-corrected chi connectivity index (χ0v) is 19.6. The maximum absolute atomic E-state index is 12.1. The van der Waals surface area contributed by atoms with Gasteiger partial charge in [0.15, 0.2) is 0 Å². The maximum Gasteiger partial charge on any atom is 0.306 e. The zero-order valence-electron chi connectivity index (χ0n) is 19.6. The molecule has 0 radical (unpaired) electrons. The minimum absolute atomic E-state index is 0.112. The van der Waals surface area contributed by atoms with Gasteiger partial charge in [-0.15, -0.1) is 0 Å². The van der Waals surface area contributed by atoms with Crippen molar-refractivity contribution in [3.05, 3.63) is 53.1 Å². The minimum atomic E-state index is -0.261. The molecule has 2 nitrogen and oxygen atoms in total. The molecule has 2 aromatic rings. The van der Waals surface area contributed by atoms with Crippen LogP contribution >= 0.6 is 0 Å². The van der Waals surface area contributed by atoms with Crippen LogP contribution in [0.25, 0.3) is 16.8 Å². The number of rotatable bonds is 14. The predicted molar refractivity (Wildman–Crippen MR) is 132 cm³/mol. The number of carbonyl (C=O) groups is 1. The van der Waals surface area contributed by atoms with Crippen LogP contribution in [0.1, 0.15) is 114 Å². The van der Waals surface area contributed by atoms with Crippen LogP contribution in [-0.4, -0.2) is 5.97 Å². The summed E-state index contributed by atoms with van der Waals surface area (Å²) in [6.45, 7) is 4.29. The van der Waals surface area contributed by atoms with Gasteiger partial charge in [-0.05, 0) is 47.2 Å². The lowest BCUT2D eigenvalue weighted by Gasteiger charge is -2.23. The molecule has 0 N–H and O–H groups in total. The Morgan fingerprint density at radius 3 is 2.26 bits per heavy atom. The van der Waals surface area contributed by atoms with Gasteiger partial charge in [0.2, 0.25) is 0 Å². The molecule has 1 aliphatic rings. The number of benzene rings is 2. The number of carbonyl (C=O) groups excluding carboxylic acids is 1. The Labute approximate surface area is 189 Å². The first-order valence-electron chi connectivity index (χ1n) is 12.7. The Hall–Kier alpha value is -2.09. The van der Waals surface area contributed by atoms with E-state index in [-0.39, 0.29) is 12.1 Å². The fourth-order valence-electron chi connectivity index (χ4n) is 4.72. The van der Waals surface area contributed by atoms with E-state index in [2.05, 4.69) is 49.4 Å². The quantitative estimate of drug-likeness (QED) is 0.226. The molecule has 0 spiro atoms. The van der Waals surface area contributed by atoms with Gasteiger partial charge in [0, 0.05) is 12.0 Å². The normalized spacial score (nSPS) is 14.8. The van der Waals surface area contributed by atoms with E-state index in [9.17, 15) is 4.79 Å². The van der Waals surface area contributed by atoms with Crippen molar-refractivity contribution < 1.29 is 9.53 Å². The summed E-state index contributed by atoms with van der Waals surface area (Å²) in [5, 5.41) is 2.50. The van der Waals surface area contributed by atoms with Crippen molar-refractivity contribution in [2.45, 2.75) is 103 Å². The van der Waals surface area contributed by atoms with E-state index in [1.165, 1.54) is 86.1 Å². The molecule has 0 heterocycles. The molecule has 0 aromatic heterocycles. The third-order valence-electron chi connectivity index (χ3n) is 6.46. The maximum atomic E-state index is 12.1. The summed E-state index contributed by atoms with van der Waals surface area (Å²) < 4.78 is 5.76. The van der Waals surface area contributed by atoms with Crippen LogP contribution in [0.4, 0.5) is 0 Å². The summed E-state index contributed by atoms with van der Waals surface area (Å²) in [7, 11) is 0. The summed E-state index contributed by atoms with van der Waals surface area (Å²) in [4.78, 5) is 12.1. The van der Waals surface area contributed by atoms with Crippen LogP contribution in [0.5, 0.6) is 0 Å². The molecule has 0 bridgehead atoms. The summed E-state index contributed by atoms with van der Waals surface area (Å²) in [6, 6.07) is 10.9. The van der Waals surface area contributed by atoms with Crippen LogP contribution in [-0.2, 0) is 16.0 Å². The van der Waals surface area contributed by atoms with Crippen LogP contribution in [0, 0.1) is 0 Å². The molecule has 1 aliphatic carbocycles. The van der Waals surface area contributed by atoms with Gasteiger partial charge in [0.1, 0.15) is 6.10 Å². The third-order valence-corrected chi connectivity index (χ3v) is 6.46. The van der Waals surface area contributed by atoms with Gasteiger partial charge >= 0.3 is 5.97 Å². The highest BCUT2D eigenvalue weighted by atomic mass is 16.5. The van der Waals surface area contributed by atoms with E-state index in [0.29, 0.717) is 6.42 Å². The lowest BCUT2D eigenvalue weighted by atomic mass is 9.87. The molecule has 0 fully saturated rings. The average molecular weight is 421 g/mol. The molecule has 0 saturated heterocycles. The number of aryl methyl sites for hydroxylation is 1. The number of ether oxygens (including phenoxy) is 1. The second kappa shape index (κ2) is 12.7. The molecule has 0 amide bonds. The van der Waals surface area contributed by atoms with Crippen molar-refractivity contribution in [1.82, 2.24) is 0 Å². The van der Waals surface area contributed by atoms with E-state index in [4.69, 9.17) is 4.74 Å². The van der Waals surface area contributed by atoms with Gasteiger partial charge in [-0.25, -0.2) is 0 Å². The number of hydrogen-bond donors (Lipinski definition) is 0. The second-order valence-electron chi connectivity index (χ2n) is 9.04. The third kappa shape index (κ3) is 6.69. The van der Waals surface area contributed by atoms with Gasteiger partial charge in [-0.3, -0.25) is 4.79 Å². The lowest BCUT2D eigenvalue weighted by molar-refractivity contribution is -0.147. The molecule has 3 rings (SSSR count). The van der Waals surface area contributed by atoms with Crippen LogP contribution in [0.2, 0.25) is 0 Å². The van der Waals surface area contributed by atoms with E-state index >= 15 is 0 Å². The fraction of sp³-hybridized carbons (Fsp3) is 0.552. The van der Waals surface area contributed by atoms with Crippen LogP contribution in [0.15, 0.2) is 36.4 Å². The standard InChI is InChI=1S/C29H40O2/c1-3-5-6-7-8-9-10-11-12-13-16-23-19-20-24-17-14-18-26-27(31-28(30)15-4-2)22-21-25(23)29(24)26/h14,17-22,27H,3-13,15-16H2,1-2H3. The Kier molecular flexibility index (Phi) is 9.65. The van der Waals surface area contributed by atoms with Gasteiger partial charge < -0.3 is 4.74 Å². The van der Waals surface area contributed by atoms with Gasteiger partial charge in [-0.1, -0.05) is 108 Å². The first-order chi connectivity index (χ1) is 15.2.